The van der Waals surface area contributed by atoms with E-state index >= 15 is 0 Å². The highest BCUT2D eigenvalue weighted by Crippen LogP contribution is 2.34. The average molecular weight is 362 g/mol. The molecule has 5 nitrogen and oxygen atoms in total. The molecule has 0 radical (unpaired) electrons. The summed E-state index contributed by atoms with van der Waals surface area (Å²) in [7, 11) is -3.71. The first-order valence-corrected chi connectivity index (χ1v) is 8.62. The molecule has 0 atom stereocenters. The van der Waals surface area contributed by atoms with Crippen LogP contribution >= 0.6 is 15.9 Å². The molecule has 7 heteroatoms. The van der Waals surface area contributed by atoms with Crippen LogP contribution in [0.25, 0.3) is 0 Å². The summed E-state index contributed by atoms with van der Waals surface area (Å²) in [6, 6.07) is 6.38. The second-order valence-electron chi connectivity index (χ2n) is 5.12. The van der Waals surface area contributed by atoms with Crippen molar-refractivity contribution in [2.75, 3.05) is 0 Å². The third-order valence-electron chi connectivity index (χ3n) is 3.51. The maximum atomic E-state index is 12.4. The van der Waals surface area contributed by atoms with Gasteiger partial charge in [0.2, 0.25) is 10.0 Å². The highest BCUT2D eigenvalue weighted by Gasteiger charge is 2.39. The largest absolute Gasteiger partial charge is 0.481 e. The van der Waals surface area contributed by atoms with Crippen molar-refractivity contribution < 1.29 is 18.3 Å². The van der Waals surface area contributed by atoms with Crippen LogP contribution in [0.3, 0.4) is 0 Å². The van der Waals surface area contributed by atoms with Gasteiger partial charge in [-0.25, -0.2) is 13.1 Å². The van der Waals surface area contributed by atoms with Crippen molar-refractivity contribution in [1.29, 1.82) is 0 Å². The van der Waals surface area contributed by atoms with Gasteiger partial charge in [0, 0.05) is 10.0 Å². The van der Waals surface area contributed by atoms with Gasteiger partial charge in [0.1, 0.15) is 0 Å². The van der Waals surface area contributed by atoms with Crippen molar-refractivity contribution in [3.8, 4) is 0 Å². The number of hydrogen-bond donors (Lipinski definition) is 2. The normalized spacial score (nSPS) is 18.1. The van der Waals surface area contributed by atoms with E-state index < -0.39 is 21.5 Å². The minimum absolute atomic E-state index is 0.142. The Bertz CT molecular complexity index is 609. The van der Waals surface area contributed by atoms with Gasteiger partial charge in [-0.05, 0) is 31.0 Å². The molecule has 1 fully saturated rings. The molecule has 0 unspecified atom stereocenters. The van der Waals surface area contributed by atoms with Crippen molar-refractivity contribution >= 4 is 31.9 Å². The molecule has 1 aromatic rings. The summed E-state index contributed by atoms with van der Waals surface area (Å²) < 4.78 is 28.1. The molecular formula is C13H16BrNO4S. The number of benzene rings is 1. The Morgan fingerprint density at radius 3 is 2.55 bits per heavy atom. The average Bonchev–Trinajstić information content (AvgIpc) is 2.75. The van der Waals surface area contributed by atoms with E-state index in [4.69, 9.17) is 5.11 Å². The Hall–Kier alpha value is -0.920. The second-order valence-corrected chi connectivity index (χ2v) is 7.72. The van der Waals surface area contributed by atoms with Gasteiger partial charge in [0.05, 0.1) is 11.3 Å². The lowest BCUT2D eigenvalue weighted by Crippen LogP contribution is -2.47. The van der Waals surface area contributed by atoms with Crippen molar-refractivity contribution in [2.24, 2.45) is 0 Å². The van der Waals surface area contributed by atoms with E-state index in [0.29, 0.717) is 17.3 Å². The molecule has 1 aliphatic rings. The van der Waals surface area contributed by atoms with Gasteiger partial charge < -0.3 is 5.11 Å². The first-order valence-electron chi connectivity index (χ1n) is 6.34. The summed E-state index contributed by atoms with van der Waals surface area (Å²) in [5.41, 5.74) is -0.854. The highest BCUT2D eigenvalue weighted by molar-refractivity contribution is 9.10. The first kappa shape index (κ1) is 15.5. The van der Waals surface area contributed by atoms with Crippen molar-refractivity contribution in [1.82, 2.24) is 4.72 Å². The number of nitrogens with one attached hydrogen (secondary N) is 1. The van der Waals surface area contributed by atoms with E-state index in [1.54, 1.807) is 12.1 Å². The number of carboxylic acid groups (broad SMARTS) is 1. The molecule has 1 saturated carbocycles. The Morgan fingerprint density at radius 1 is 1.35 bits per heavy atom. The number of halogens is 1. The zero-order valence-corrected chi connectivity index (χ0v) is 13.2. The number of rotatable bonds is 5. The van der Waals surface area contributed by atoms with Gasteiger partial charge in [-0.2, -0.15) is 0 Å². The molecule has 110 valence electrons. The number of carboxylic acids is 1. The summed E-state index contributed by atoms with van der Waals surface area (Å²) >= 11 is 3.23. The van der Waals surface area contributed by atoms with Gasteiger partial charge in [0.25, 0.3) is 0 Å². The molecule has 0 amide bonds. The van der Waals surface area contributed by atoms with Gasteiger partial charge in [-0.3, -0.25) is 4.79 Å². The lowest BCUT2D eigenvalue weighted by molar-refractivity contribution is -0.138. The van der Waals surface area contributed by atoms with E-state index in [1.807, 2.05) is 0 Å². The van der Waals surface area contributed by atoms with Crippen molar-refractivity contribution in [3.05, 3.63) is 28.7 Å². The molecule has 0 saturated heterocycles. The fourth-order valence-electron chi connectivity index (χ4n) is 2.63. The maximum absolute atomic E-state index is 12.4. The number of carbonyl (C=O) groups is 1. The lowest BCUT2D eigenvalue weighted by Gasteiger charge is -2.28. The molecule has 0 aliphatic heterocycles. The van der Waals surface area contributed by atoms with Crippen LogP contribution in [0.5, 0.6) is 0 Å². The Balaban J connectivity index is 2.28. The third-order valence-corrected chi connectivity index (χ3v) is 5.58. The Kier molecular flexibility index (Phi) is 4.51. The summed E-state index contributed by atoms with van der Waals surface area (Å²) in [6.07, 6.45) is 2.63. The Morgan fingerprint density at radius 2 is 2.00 bits per heavy atom. The van der Waals surface area contributed by atoms with Gasteiger partial charge >= 0.3 is 5.97 Å². The van der Waals surface area contributed by atoms with Gasteiger partial charge in [-0.15, -0.1) is 0 Å². The smallest absolute Gasteiger partial charge is 0.305 e. The van der Waals surface area contributed by atoms with E-state index in [-0.39, 0.29) is 11.3 Å². The summed E-state index contributed by atoms with van der Waals surface area (Å²) in [4.78, 5) is 11.1. The van der Waals surface area contributed by atoms with Gasteiger partial charge in [0.15, 0.2) is 0 Å². The SMILES string of the molecule is O=C(O)CC1(NS(=O)(=O)c2cccc(Br)c2)CCCC1. The Labute approximate surface area is 126 Å². The molecule has 2 rings (SSSR count). The van der Waals surface area contributed by atoms with Crippen LogP contribution in [0.4, 0.5) is 0 Å². The molecule has 0 spiro atoms. The van der Waals surface area contributed by atoms with E-state index in [0.717, 1.165) is 12.8 Å². The predicted octanol–water partition coefficient (Wildman–Crippen LogP) is 2.51. The second kappa shape index (κ2) is 5.83. The topological polar surface area (TPSA) is 83.5 Å². The molecule has 2 N–H and O–H groups in total. The fraction of sp³-hybridized carbons (Fsp3) is 0.462. The van der Waals surface area contributed by atoms with Crippen LogP contribution in [0, 0.1) is 0 Å². The van der Waals surface area contributed by atoms with Crippen LogP contribution in [0.2, 0.25) is 0 Å². The zero-order chi connectivity index (χ0) is 14.8. The van der Waals surface area contributed by atoms with E-state index in [9.17, 15) is 13.2 Å². The summed E-state index contributed by atoms with van der Waals surface area (Å²) in [6.45, 7) is 0. The molecule has 20 heavy (non-hydrogen) atoms. The number of hydrogen-bond acceptors (Lipinski definition) is 3. The fourth-order valence-corrected chi connectivity index (χ4v) is 4.69. The van der Waals surface area contributed by atoms with Gasteiger partial charge in [-0.1, -0.05) is 34.8 Å². The molecule has 1 aromatic carbocycles. The summed E-state index contributed by atoms with van der Waals surface area (Å²) in [5.74, 6) is -0.983. The van der Waals surface area contributed by atoms with E-state index in [2.05, 4.69) is 20.7 Å². The maximum Gasteiger partial charge on any atom is 0.305 e. The number of aliphatic carboxylic acids is 1. The van der Waals surface area contributed by atoms with Crippen LogP contribution in [0.15, 0.2) is 33.6 Å². The first-order chi connectivity index (χ1) is 9.33. The quantitative estimate of drug-likeness (QED) is 0.843. The molecule has 0 aromatic heterocycles. The third kappa shape index (κ3) is 3.59. The van der Waals surface area contributed by atoms with Crippen molar-refractivity contribution in [3.63, 3.8) is 0 Å². The summed E-state index contributed by atoms with van der Waals surface area (Å²) in [5, 5.41) is 9.01. The number of sulfonamides is 1. The van der Waals surface area contributed by atoms with Crippen LogP contribution in [-0.2, 0) is 14.8 Å². The molecule has 1 aliphatic carbocycles. The molecule has 0 heterocycles. The zero-order valence-electron chi connectivity index (χ0n) is 10.8. The van der Waals surface area contributed by atoms with Crippen LogP contribution in [0.1, 0.15) is 32.1 Å². The predicted molar refractivity (Wildman–Crippen MR) is 77.9 cm³/mol. The van der Waals surface area contributed by atoms with Crippen molar-refractivity contribution in [2.45, 2.75) is 42.5 Å². The standard InChI is InChI=1S/C13H16BrNO4S/c14-10-4-3-5-11(8-10)20(18,19)15-13(9-12(16)17)6-1-2-7-13/h3-5,8,15H,1-2,6-7,9H2,(H,16,17). The molecule has 0 bridgehead atoms. The van der Waals surface area contributed by atoms with Crippen LogP contribution in [-0.4, -0.2) is 25.0 Å². The lowest BCUT2D eigenvalue weighted by atomic mass is 9.95. The minimum atomic E-state index is -3.71. The molecular weight excluding hydrogens is 346 g/mol. The van der Waals surface area contributed by atoms with Crippen LogP contribution < -0.4 is 4.72 Å². The monoisotopic (exact) mass is 361 g/mol. The highest BCUT2D eigenvalue weighted by atomic mass is 79.9. The minimum Gasteiger partial charge on any atom is -0.481 e. The van der Waals surface area contributed by atoms with E-state index in [1.165, 1.54) is 12.1 Å².